The SMILES string of the molecule is CCCCCCCCC(SCCCCCC)C(=O)Nc1ccc(NC(C)=O)c2ncccc12. The molecular weight excluding hydrogens is 430 g/mol. The summed E-state index contributed by atoms with van der Waals surface area (Å²) in [4.78, 5) is 29.3. The molecule has 6 heteroatoms. The lowest BCUT2D eigenvalue weighted by Crippen LogP contribution is -2.26. The number of hydrogen-bond acceptors (Lipinski definition) is 4. The van der Waals surface area contributed by atoms with Crippen molar-refractivity contribution in [3.63, 3.8) is 0 Å². The first-order valence-corrected chi connectivity index (χ1v) is 13.7. The van der Waals surface area contributed by atoms with E-state index >= 15 is 0 Å². The quantitative estimate of drug-likeness (QED) is 0.248. The van der Waals surface area contributed by atoms with Crippen LogP contribution in [0.25, 0.3) is 10.9 Å². The van der Waals surface area contributed by atoms with E-state index in [1.54, 1.807) is 18.0 Å². The van der Waals surface area contributed by atoms with Gasteiger partial charge in [-0.25, -0.2) is 0 Å². The Morgan fingerprint density at radius 2 is 1.55 bits per heavy atom. The highest BCUT2D eigenvalue weighted by Crippen LogP contribution is 2.30. The van der Waals surface area contributed by atoms with Gasteiger partial charge in [-0.3, -0.25) is 14.6 Å². The zero-order valence-corrected chi connectivity index (χ0v) is 21.4. The lowest BCUT2D eigenvalue weighted by molar-refractivity contribution is -0.116. The summed E-state index contributed by atoms with van der Waals surface area (Å²) in [6.45, 7) is 5.94. The fourth-order valence-corrected chi connectivity index (χ4v) is 5.14. The van der Waals surface area contributed by atoms with E-state index in [0.29, 0.717) is 11.2 Å². The number of unbranched alkanes of at least 4 members (excludes halogenated alkanes) is 8. The average Bonchev–Trinajstić information content (AvgIpc) is 2.81. The van der Waals surface area contributed by atoms with Crippen LogP contribution in [0.3, 0.4) is 0 Å². The molecule has 1 unspecified atom stereocenters. The molecule has 1 heterocycles. The van der Waals surface area contributed by atoms with E-state index in [1.807, 2.05) is 24.3 Å². The van der Waals surface area contributed by atoms with E-state index in [2.05, 4.69) is 29.5 Å². The van der Waals surface area contributed by atoms with Gasteiger partial charge in [-0.05, 0) is 42.9 Å². The summed E-state index contributed by atoms with van der Waals surface area (Å²) in [5.41, 5.74) is 2.09. The van der Waals surface area contributed by atoms with Crippen molar-refractivity contribution >= 4 is 45.9 Å². The molecule has 0 spiro atoms. The standard InChI is InChI=1S/C27H41N3O2S/c1-4-6-8-10-11-12-16-25(33-20-13-9-7-5-2)27(32)30-23-17-18-24(29-21(3)31)26-22(23)15-14-19-28-26/h14-15,17-19,25H,4-13,16,20H2,1-3H3,(H,29,31)(H,30,32). The molecule has 182 valence electrons. The first-order valence-electron chi connectivity index (χ1n) is 12.6. The molecule has 0 saturated heterocycles. The van der Waals surface area contributed by atoms with E-state index in [9.17, 15) is 9.59 Å². The van der Waals surface area contributed by atoms with Gasteiger partial charge in [0.2, 0.25) is 11.8 Å². The summed E-state index contributed by atoms with van der Waals surface area (Å²) in [6.07, 6.45) is 14.9. The number of nitrogens with zero attached hydrogens (tertiary/aromatic N) is 1. The molecule has 0 aliphatic carbocycles. The molecule has 33 heavy (non-hydrogen) atoms. The monoisotopic (exact) mass is 471 g/mol. The van der Waals surface area contributed by atoms with E-state index in [-0.39, 0.29) is 17.1 Å². The predicted octanol–water partition coefficient (Wildman–Crippen LogP) is 7.56. The molecule has 1 aromatic carbocycles. The highest BCUT2D eigenvalue weighted by Gasteiger charge is 2.20. The van der Waals surface area contributed by atoms with Crippen molar-refractivity contribution < 1.29 is 9.59 Å². The van der Waals surface area contributed by atoms with Crippen molar-refractivity contribution in [1.82, 2.24) is 4.98 Å². The van der Waals surface area contributed by atoms with Crippen molar-refractivity contribution in [3.05, 3.63) is 30.5 Å². The fraction of sp³-hybridized carbons (Fsp3) is 0.593. The number of thioether (sulfide) groups is 1. The zero-order chi connectivity index (χ0) is 23.9. The molecule has 0 bridgehead atoms. The van der Waals surface area contributed by atoms with E-state index in [0.717, 1.165) is 36.1 Å². The van der Waals surface area contributed by atoms with Gasteiger partial charge in [0.15, 0.2) is 0 Å². The van der Waals surface area contributed by atoms with Crippen molar-refractivity contribution in [2.24, 2.45) is 0 Å². The van der Waals surface area contributed by atoms with Gasteiger partial charge in [0.05, 0.1) is 22.1 Å². The third-order valence-electron chi connectivity index (χ3n) is 5.77. The van der Waals surface area contributed by atoms with Crippen LogP contribution in [0.2, 0.25) is 0 Å². The maximum absolute atomic E-state index is 13.3. The number of anilines is 2. The molecule has 0 saturated carbocycles. The fourth-order valence-electron chi connectivity index (χ4n) is 3.94. The van der Waals surface area contributed by atoms with Gasteiger partial charge < -0.3 is 10.6 Å². The summed E-state index contributed by atoms with van der Waals surface area (Å²) in [7, 11) is 0. The number of carbonyl (C=O) groups is 2. The maximum Gasteiger partial charge on any atom is 0.237 e. The minimum atomic E-state index is -0.141. The van der Waals surface area contributed by atoms with Crippen LogP contribution in [0, 0.1) is 0 Å². The highest BCUT2D eigenvalue weighted by atomic mass is 32.2. The molecule has 0 radical (unpaired) electrons. The van der Waals surface area contributed by atoms with E-state index < -0.39 is 0 Å². The molecule has 5 nitrogen and oxygen atoms in total. The molecule has 1 aromatic heterocycles. The molecule has 2 N–H and O–H groups in total. The Bertz CT molecular complexity index is 872. The number of carbonyl (C=O) groups excluding carboxylic acids is 2. The predicted molar refractivity (Wildman–Crippen MR) is 143 cm³/mol. The van der Waals surface area contributed by atoms with Gasteiger partial charge in [0.1, 0.15) is 0 Å². The summed E-state index contributed by atoms with van der Waals surface area (Å²) in [5.74, 6) is 0.955. The Hall–Kier alpha value is -2.08. The van der Waals surface area contributed by atoms with Crippen LogP contribution in [0.15, 0.2) is 30.5 Å². The first-order chi connectivity index (χ1) is 16.1. The lowest BCUT2D eigenvalue weighted by atomic mass is 10.1. The zero-order valence-electron chi connectivity index (χ0n) is 20.6. The molecule has 2 rings (SSSR count). The number of aromatic nitrogens is 1. The van der Waals surface area contributed by atoms with Crippen LogP contribution in [0.5, 0.6) is 0 Å². The lowest BCUT2D eigenvalue weighted by Gasteiger charge is -2.18. The van der Waals surface area contributed by atoms with Crippen molar-refractivity contribution in [3.8, 4) is 0 Å². The number of benzene rings is 1. The summed E-state index contributed by atoms with van der Waals surface area (Å²) in [5, 5.41) is 6.79. The van der Waals surface area contributed by atoms with Gasteiger partial charge >= 0.3 is 0 Å². The molecule has 2 amide bonds. The number of amides is 2. The summed E-state index contributed by atoms with van der Waals surface area (Å²) in [6, 6.07) is 7.46. The number of rotatable bonds is 16. The Morgan fingerprint density at radius 3 is 2.27 bits per heavy atom. The largest absolute Gasteiger partial charge is 0.324 e. The van der Waals surface area contributed by atoms with Gasteiger partial charge in [0.25, 0.3) is 0 Å². The number of fused-ring (bicyclic) bond motifs is 1. The Labute approximate surface area is 203 Å². The van der Waals surface area contributed by atoms with Crippen LogP contribution < -0.4 is 10.6 Å². The molecule has 2 aromatic rings. The van der Waals surface area contributed by atoms with E-state index in [1.165, 1.54) is 58.3 Å². The third kappa shape index (κ3) is 9.75. The Morgan fingerprint density at radius 1 is 0.879 bits per heavy atom. The van der Waals surface area contributed by atoms with Crippen molar-refractivity contribution in [1.29, 1.82) is 0 Å². The van der Waals surface area contributed by atoms with Crippen molar-refractivity contribution in [2.45, 2.75) is 96.7 Å². The topological polar surface area (TPSA) is 71.1 Å². The second-order valence-corrected chi connectivity index (χ2v) is 10.0. The summed E-state index contributed by atoms with van der Waals surface area (Å²) >= 11 is 1.80. The normalized spacial score (nSPS) is 12.0. The average molecular weight is 472 g/mol. The smallest absolute Gasteiger partial charge is 0.237 e. The minimum Gasteiger partial charge on any atom is -0.324 e. The van der Waals surface area contributed by atoms with Crippen LogP contribution in [-0.4, -0.2) is 27.8 Å². The second kappa shape index (κ2) is 15.7. The van der Waals surface area contributed by atoms with Crippen molar-refractivity contribution in [2.75, 3.05) is 16.4 Å². The molecule has 0 fully saturated rings. The molecule has 1 atom stereocenters. The van der Waals surface area contributed by atoms with Crippen LogP contribution >= 0.6 is 11.8 Å². The van der Waals surface area contributed by atoms with Crippen LogP contribution in [-0.2, 0) is 9.59 Å². The van der Waals surface area contributed by atoms with Crippen LogP contribution in [0.1, 0.15) is 91.4 Å². The second-order valence-electron chi connectivity index (χ2n) is 8.71. The third-order valence-corrected chi connectivity index (χ3v) is 7.14. The Kier molecular flexibility index (Phi) is 12.9. The first kappa shape index (κ1) is 27.2. The summed E-state index contributed by atoms with van der Waals surface area (Å²) < 4.78 is 0. The number of pyridine rings is 1. The maximum atomic E-state index is 13.3. The highest BCUT2D eigenvalue weighted by molar-refractivity contribution is 8.00. The molecule has 0 aliphatic rings. The number of hydrogen-bond donors (Lipinski definition) is 2. The van der Waals surface area contributed by atoms with Gasteiger partial charge in [0, 0.05) is 18.5 Å². The Balaban J connectivity index is 2.06. The van der Waals surface area contributed by atoms with E-state index in [4.69, 9.17) is 0 Å². The van der Waals surface area contributed by atoms with Gasteiger partial charge in [-0.15, -0.1) is 11.8 Å². The van der Waals surface area contributed by atoms with Gasteiger partial charge in [-0.2, -0.15) is 0 Å². The number of nitrogens with one attached hydrogen (secondary N) is 2. The van der Waals surface area contributed by atoms with Gasteiger partial charge in [-0.1, -0.05) is 71.6 Å². The minimum absolute atomic E-state index is 0.0421. The molecular formula is C27H41N3O2S. The van der Waals surface area contributed by atoms with Crippen LogP contribution in [0.4, 0.5) is 11.4 Å². The molecule has 0 aliphatic heterocycles.